The molecule has 0 atom stereocenters. The van der Waals surface area contributed by atoms with E-state index in [1.807, 2.05) is 6.20 Å². The van der Waals surface area contributed by atoms with Crippen molar-refractivity contribution in [2.75, 3.05) is 13.1 Å². The largest absolute Gasteiger partial charge is 0.317 e. The van der Waals surface area contributed by atoms with Crippen LogP contribution in [0.5, 0.6) is 0 Å². The maximum absolute atomic E-state index is 4.59. The first-order valence-corrected chi connectivity index (χ1v) is 6.47. The highest BCUT2D eigenvalue weighted by Crippen LogP contribution is 2.19. The van der Waals surface area contributed by atoms with E-state index in [-0.39, 0.29) is 0 Å². The summed E-state index contributed by atoms with van der Waals surface area (Å²) < 4.78 is 2.25. The van der Waals surface area contributed by atoms with E-state index in [1.165, 1.54) is 29.7 Å². The average Bonchev–Trinajstić information content (AvgIpc) is 2.76. The molecule has 1 aliphatic rings. The molecule has 1 aliphatic heterocycles. The molecule has 3 heteroatoms. The summed E-state index contributed by atoms with van der Waals surface area (Å²) in [6, 6.07) is 4.25. The van der Waals surface area contributed by atoms with Crippen molar-refractivity contribution in [3.8, 4) is 0 Å². The van der Waals surface area contributed by atoms with Crippen LogP contribution in [0.1, 0.15) is 24.2 Å². The molecule has 3 heterocycles. The molecule has 17 heavy (non-hydrogen) atoms. The number of pyridine rings is 1. The molecule has 0 unspecified atom stereocenters. The third kappa shape index (κ3) is 2.07. The van der Waals surface area contributed by atoms with Crippen LogP contribution < -0.4 is 5.32 Å². The smallest absolute Gasteiger partial charge is 0.113 e. The van der Waals surface area contributed by atoms with Gasteiger partial charge in [-0.15, -0.1) is 0 Å². The second-order valence-corrected chi connectivity index (χ2v) is 5.02. The molecule has 0 radical (unpaired) electrons. The number of aromatic nitrogens is 2. The minimum Gasteiger partial charge on any atom is -0.317 e. The van der Waals surface area contributed by atoms with Gasteiger partial charge in [0.15, 0.2) is 0 Å². The van der Waals surface area contributed by atoms with Gasteiger partial charge in [-0.05, 0) is 50.4 Å². The fraction of sp³-hybridized carbons (Fsp3) is 0.500. The van der Waals surface area contributed by atoms with Crippen molar-refractivity contribution in [1.29, 1.82) is 0 Å². The molecule has 1 fully saturated rings. The lowest BCUT2D eigenvalue weighted by Gasteiger charge is -2.21. The Balaban J connectivity index is 1.87. The molecule has 1 saturated heterocycles. The Morgan fingerprint density at radius 1 is 1.41 bits per heavy atom. The summed E-state index contributed by atoms with van der Waals surface area (Å²) >= 11 is 0. The van der Waals surface area contributed by atoms with E-state index < -0.39 is 0 Å². The Morgan fingerprint density at radius 3 is 3.06 bits per heavy atom. The predicted octanol–water partition coefficient (Wildman–Crippen LogP) is 2.18. The van der Waals surface area contributed by atoms with Crippen LogP contribution in [-0.2, 0) is 6.42 Å². The van der Waals surface area contributed by atoms with Crippen molar-refractivity contribution in [1.82, 2.24) is 14.7 Å². The standard InChI is InChI=1S/C14H19N3/c1-11-3-2-8-17-13(11)10-16-14(17)9-12-4-6-15-7-5-12/h2-3,8,10,12,15H,4-7,9H2,1H3. The molecule has 2 aromatic heterocycles. The van der Waals surface area contributed by atoms with Gasteiger partial charge < -0.3 is 9.72 Å². The van der Waals surface area contributed by atoms with Crippen molar-refractivity contribution in [3.63, 3.8) is 0 Å². The molecule has 1 N–H and O–H groups in total. The highest BCUT2D eigenvalue weighted by atomic mass is 15.0. The molecule has 0 aliphatic carbocycles. The molecule has 0 amide bonds. The van der Waals surface area contributed by atoms with Crippen LogP contribution in [0.2, 0.25) is 0 Å². The number of imidazole rings is 1. The van der Waals surface area contributed by atoms with Crippen LogP contribution in [0.3, 0.4) is 0 Å². The van der Waals surface area contributed by atoms with Gasteiger partial charge in [0.2, 0.25) is 0 Å². The highest BCUT2D eigenvalue weighted by Gasteiger charge is 2.16. The predicted molar refractivity (Wildman–Crippen MR) is 69.2 cm³/mol. The van der Waals surface area contributed by atoms with Crippen molar-refractivity contribution in [3.05, 3.63) is 35.9 Å². The fourth-order valence-corrected chi connectivity index (χ4v) is 2.71. The molecule has 3 nitrogen and oxygen atoms in total. The molecule has 3 rings (SSSR count). The maximum atomic E-state index is 4.59. The average molecular weight is 229 g/mol. The number of nitrogens with zero attached hydrogens (tertiary/aromatic N) is 2. The summed E-state index contributed by atoms with van der Waals surface area (Å²) in [4.78, 5) is 4.59. The Morgan fingerprint density at radius 2 is 2.24 bits per heavy atom. The summed E-state index contributed by atoms with van der Waals surface area (Å²) in [5.74, 6) is 2.01. The Bertz CT molecular complexity index is 509. The highest BCUT2D eigenvalue weighted by molar-refractivity contribution is 5.53. The second-order valence-electron chi connectivity index (χ2n) is 5.02. The number of piperidine rings is 1. The topological polar surface area (TPSA) is 29.3 Å². The summed E-state index contributed by atoms with van der Waals surface area (Å²) in [7, 11) is 0. The molecule has 0 saturated carbocycles. The number of hydrogen-bond acceptors (Lipinski definition) is 2. The van der Waals surface area contributed by atoms with Crippen molar-refractivity contribution < 1.29 is 0 Å². The van der Waals surface area contributed by atoms with Crippen LogP contribution >= 0.6 is 0 Å². The van der Waals surface area contributed by atoms with Gasteiger partial charge in [-0.25, -0.2) is 4.98 Å². The minimum atomic E-state index is 0.794. The van der Waals surface area contributed by atoms with Crippen LogP contribution in [-0.4, -0.2) is 22.5 Å². The van der Waals surface area contributed by atoms with E-state index in [0.29, 0.717) is 0 Å². The van der Waals surface area contributed by atoms with Crippen molar-refractivity contribution in [2.24, 2.45) is 5.92 Å². The van der Waals surface area contributed by atoms with Crippen LogP contribution in [0, 0.1) is 12.8 Å². The maximum Gasteiger partial charge on any atom is 0.113 e. The summed E-state index contributed by atoms with van der Waals surface area (Å²) in [5.41, 5.74) is 2.55. The van der Waals surface area contributed by atoms with E-state index >= 15 is 0 Å². The summed E-state index contributed by atoms with van der Waals surface area (Å²) in [5, 5.41) is 3.41. The number of rotatable bonds is 2. The minimum absolute atomic E-state index is 0.794. The fourth-order valence-electron chi connectivity index (χ4n) is 2.71. The van der Waals surface area contributed by atoms with E-state index in [4.69, 9.17) is 0 Å². The number of fused-ring (bicyclic) bond motifs is 1. The van der Waals surface area contributed by atoms with Crippen LogP contribution in [0.4, 0.5) is 0 Å². The van der Waals surface area contributed by atoms with Gasteiger partial charge in [0, 0.05) is 12.6 Å². The van der Waals surface area contributed by atoms with Gasteiger partial charge in [-0.3, -0.25) is 0 Å². The number of hydrogen-bond donors (Lipinski definition) is 1. The Kier molecular flexibility index (Phi) is 2.85. The lowest BCUT2D eigenvalue weighted by atomic mass is 9.94. The Hall–Kier alpha value is -1.35. The van der Waals surface area contributed by atoms with Gasteiger partial charge in [0.05, 0.1) is 11.7 Å². The van der Waals surface area contributed by atoms with Gasteiger partial charge in [0.25, 0.3) is 0 Å². The normalized spacial score (nSPS) is 17.7. The molecule has 0 spiro atoms. The molecule has 2 aromatic rings. The molecule has 90 valence electrons. The lowest BCUT2D eigenvalue weighted by molar-refractivity contribution is 0.367. The molecule has 0 bridgehead atoms. The molecular weight excluding hydrogens is 210 g/mol. The zero-order chi connectivity index (χ0) is 11.7. The van der Waals surface area contributed by atoms with Crippen molar-refractivity contribution >= 4 is 5.52 Å². The SMILES string of the molecule is Cc1cccn2c(CC3CCNCC3)ncc12. The van der Waals surface area contributed by atoms with Crippen LogP contribution in [0.15, 0.2) is 24.5 Å². The number of aryl methyl sites for hydroxylation is 1. The van der Waals surface area contributed by atoms with Crippen LogP contribution in [0.25, 0.3) is 5.52 Å². The third-order valence-electron chi connectivity index (χ3n) is 3.79. The van der Waals surface area contributed by atoms with Gasteiger partial charge in [-0.2, -0.15) is 0 Å². The number of nitrogens with one attached hydrogen (secondary N) is 1. The van der Waals surface area contributed by atoms with Gasteiger partial charge >= 0.3 is 0 Å². The van der Waals surface area contributed by atoms with Gasteiger partial charge in [0.1, 0.15) is 5.82 Å². The first-order chi connectivity index (χ1) is 8.34. The van der Waals surface area contributed by atoms with E-state index in [0.717, 1.165) is 25.4 Å². The van der Waals surface area contributed by atoms with Crippen molar-refractivity contribution in [2.45, 2.75) is 26.2 Å². The second kappa shape index (κ2) is 4.49. The zero-order valence-corrected chi connectivity index (χ0v) is 10.3. The third-order valence-corrected chi connectivity index (χ3v) is 3.79. The summed E-state index contributed by atoms with van der Waals surface area (Å²) in [6.45, 7) is 4.46. The Labute approximate surface area is 102 Å². The quantitative estimate of drug-likeness (QED) is 0.855. The van der Waals surface area contributed by atoms with E-state index in [2.05, 4.69) is 40.0 Å². The summed E-state index contributed by atoms with van der Waals surface area (Å²) in [6.07, 6.45) is 7.80. The van der Waals surface area contributed by atoms with E-state index in [1.54, 1.807) is 0 Å². The lowest BCUT2D eigenvalue weighted by Crippen LogP contribution is -2.29. The molecule has 0 aromatic carbocycles. The first kappa shape index (κ1) is 10.8. The monoisotopic (exact) mass is 229 g/mol. The first-order valence-electron chi connectivity index (χ1n) is 6.47. The van der Waals surface area contributed by atoms with E-state index in [9.17, 15) is 0 Å². The molecular formula is C14H19N3. The zero-order valence-electron chi connectivity index (χ0n) is 10.3. The van der Waals surface area contributed by atoms with Gasteiger partial charge in [-0.1, -0.05) is 6.07 Å².